The predicted octanol–water partition coefficient (Wildman–Crippen LogP) is 0.647. The highest BCUT2D eigenvalue weighted by Gasteiger charge is 2.16. The summed E-state index contributed by atoms with van der Waals surface area (Å²) in [6.07, 6.45) is 1.01. The van der Waals surface area contributed by atoms with Gasteiger partial charge in [-0.25, -0.2) is 0 Å². The fourth-order valence-electron chi connectivity index (χ4n) is 0.796. The van der Waals surface area contributed by atoms with Gasteiger partial charge in [-0.05, 0) is 13.8 Å². The van der Waals surface area contributed by atoms with Gasteiger partial charge >= 0.3 is 0 Å². The molecule has 0 radical (unpaired) electrons. The number of aliphatic hydroxyl groups excluding tert-OH is 1. The molecule has 0 aromatic heterocycles. The molecule has 0 amide bonds. The maximum absolute atomic E-state index is 8.82. The average Bonchev–Trinajstić information content (AvgIpc) is 2.36. The number of hydrogen-bond acceptors (Lipinski definition) is 3. The molecule has 0 bridgehead atoms. The van der Waals surface area contributed by atoms with Crippen molar-refractivity contribution in [1.29, 1.82) is 0 Å². The minimum atomic E-state index is -0.598. The lowest BCUT2D eigenvalue weighted by Crippen LogP contribution is -1.99. The van der Waals surface area contributed by atoms with Crippen molar-refractivity contribution in [3.05, 3.63) is 11.8 Å². The van der Waals surface area contributed by atoms with Crippen molar-refractivity contribution in [2.45, 2.75) is 26.1 Å². The van der Waals surface area contributed by atoms with Crippen LogP contribution in [-0.4, -0.2) is 24.1 Å². The minimum Gasteiger partial charge on any atom is -0.468 e. The highest BCUT2D eigenvalue weighted by Crippen LogP contribution is 2.14. The zero-order valence-corrected chi connectivity index (χ0v) is 7.20. The summed E-state index contributed by atoms with van der Waals surface area (Å²) in [6.45, 7) is 3.80. The molecule has 1 aliphatic heterocycles. The highest BCUT2D eigenvalue weighted by molar-refractivity contribution is 5.22. The summed E-state index contributed by atoms with van der Waals surface area (Å²) in [5.74, 6) is 6.00. The van der Waals surface area contributed by atoms with Gasteiger partial charge in [0.2, 0.25) is 0 Å². The molecular weight excluding hydrogens is 156 g/mol. The van der Waals surface area contributed by atoms with Crippen LogP contribution >= 0.6 is 0 Å². The molecule has 1 N–H and O–H groups in total. The van der Waals surface area contributed by atoms with Crippen molar-refractivity contribution in [3.63, 3.8) is 0 Å². The van der Waals surface area contributed by atoms with Crippen LogP contribution in [0.3, 0.4) is 0 Å². The second-order valence-electron chi connectivity index (χ2n) is 2.58. The lowest BCUT2D eigenvalue weighted by atomic mass is 10.3. The highest BCUT2D eigenvalue weighted by atomic mass is 16.7. The van der Waals surface area contributed by atoms with Gasteiger partial charge in [-0.15, -0.1) is 0 Å². The molecule has 0 aromatic rings. The van der Waals surface area contributed by atoms with Crippen LogP contribution in [0.15, 0.2) is 11.8 Å². The maximum Gasteiger partial charge on any atom is 0.189 e. The topological polar surface area (TPSA) is 38.7 Å². The fourth-order valence-corrected chi connectivity index (χ4v) is 0.796. The third-order valence-corrected chi connectivity index (χ3v) is 1.45. The molecule has 1 heterocycles. The average molecular weight is 168 g/mol. The van der Waals surface area contributed by atoms with Crippen molar-refractivity contribution < 1.29 is 14.6 Å². The van der Waals surface area contributed by atoms with Crippen LogP contribution in [0, 0.1) is 11.8 Å². The van der Waals surface area contributed by atoms with Crippen LogP contribution in [0.4, 0.5) is 0 Å². The standard InChI is InChI=1S/C9H12O3/c1-7(10)4-3-5-9-8(2)11-6-12-9/h5,7-8,10H,6H2,1-2H3/b9-5+. The first-order valence-electron chi connectivity index (χ1n) is 3.83. The third-order valence-electron chi connectivity index (χ3n) is 1.45. The van der Waals surface area contributed by atoms with E-state index in [0.29, 0.717) is 6.79 Å². The molecule has 0 spiro atoms. The van der Waals surface area contributed by atoms with Gasteiger partial charge in [0, 0.05) is 6.08 Å². The van der Waals surface area contributed by atoms with E-state index in [1.165, 1.54) is 0 Å². The smallest absolute Gasteiger partial charge is 0.189 e. The first-order chi connectivity index (χ1) is 5.70. The Morgan fingerprint density at radius 3 is 3.00 bits per heavy atom. The molecule has 12 heavy (non-hydrogen) atoms. The van der Waals surface area contributed by atoms with Gasteiger partial charge in [0.15, 0.2) is 6.79 Å². The molecule has 1 aliphatic rings. The summed E-state index contributed by atoms with van der Waals surface area (Å²) in [7, 11) is 0. The summed E-state index contributed by atoms with van der Waals surface area (Å²) >= 11 is 0. The molecule has 1 rings (SSSR count). The largest absolute Gasteiger partial charge is 0.468 e. The van der Waals surface area contributed by atoms with E-state index >= 15 is 0 Å². The molecule has 2 atom stereocenters. The van der Waals surface area contributed by atoms with Crippen LogP contribution in [0.5, 0.6) is 0 Å². The van der Waals surface area contributed by atoms with Crippen molar-refractivity contribution >= 4 is 0 Å². The number of ether oxygens (including phenoxy) is 2. The molecule has 0 aliphatic carbocycles. The molecular formula is C9H12O3. The molecule has 66 valence electrons. The fraction of sp³-hybridized carbons (Fsp3) is 0.556. The Labute approximate surface area is 72.0 Å². The number of hydrogen-bond donors (Lipinski definition) is 1. The van der Waals surface area contributed by atoms with E-state index in [1.54, 1.807) is 13.0 Å². The molecule has 1 fully saturated rings. The van der Waals surface area contributed by atoms with E-state index in [4.69, 9.17) is 14.6 Å². The second-order valence-corrected chi connectivity index (χ2v) is 2.58. The summed E-state index contributed by atoms with van der Waals surface area (Å²) in [6, 6.07) is 0. The SMILES string of the molecule is CC(O)C#C/C=C1/OCOC1C. The van der Waals surface area contributed by atoms with E-state index in [2.05, 4.69) is 11.8 Å². The monoisotopic (exact) mass is 168 g/mol. The Morgan fingerprint density at radius 2 is 2.50 bits per heavy atom. The van der Waals surface area contributed by atoms with Crippen LogP contribution in [0.2, 0.25) is 0 Å². The van der Waals surface area contributed by atoms with Crippen LogP contribution in [0.1, 0.15) is 13.8 Å². The van der Waals surface area contributed by atoms with Crippen molar-refractivity contribution in [3.8, 4) is 11.8 Å². The number of rotatable bonds is 0. The molecule has 1 saturated heterocycles. The molecule has 3 heteroatoms. The molecule has 0 saturated carbocycles. The van der Waals surface area contributed by atoms with E-state index in [-0.39, 0.29) is 6.10 Å². The number of aliphatic hydroxyl groups is 1. The zero-order chi connectivity index (χ0) is 8.97. The van der Waals surface area contributed by atoms with Gasteiger partial charge in [-0.1, -0.05) is 11.8 Å². The van der Waals surface area contributed by atoms with E-state index in [9.17, 15) is 0 Å². The Morgan fingerprint density at radius 1 is 1.75 bits per heavy atom. The van der Waals surface area contributed by atoms with Gasteiger partial charge < -0.3 is 14.6 Å². The summed E-state index contributed by atoms with van der Waals surface area (Å²) in [4.78, 5) is 0. The van der Waals surface area contributed by atoms with Crippen LogP contribution in [-0.2, 0) is 9.47 Å². The van der Waals surface area contributed by atoms with Gasteiger partial charge in [-0.3, -0.25) is 0 Å². The van der Waals surface area contributed by atoms with Crippen LogP contribution in [0.25, 0.3) is 0 Å². The van der Waals surface area contributed by atoms with E-state index in [1.807, 2.05) is 6.92 Å². The molecule has 3 nitrogen and oxygen atoms in total. The van der Waals surface area contributed by atoms with E-state index < -0.39 is 6.10 Å². The zero-order valence-electron chi connectivity index (χ0n) is 7.20. The normalized spacial score (nSPS) is 27.6. The lowest BCUT2D eigenvalue weighted by molar-refractivity contribution is 0.0553. The second kappa shape index (κ2) is 4.15. The summed E-state index contributed by atoms with van der Waals surface area (Å²) in [5, 5.41) is 8.82. The lowest BCUT2D eigenvalue weighted by Gasteiger charge is -1.96. The minimum absolute atomic E-state index is 0.0201. The predicted molar refractivity (Wildman–Crippen MR) is 44.0 cm³/mol. The Hall–Kier alpha value is -0.980. The first-order valence-corrected chi connectivity index (χ1v) is 3.83. The summed E-state index contributed by atoms with van der Waals surface area (Å²) in [5.41, 5.74) is 0. The van der Waals surface area contributed by atoms with Gasteiger partial charge in [0.05, 0.1) is 0 Å². The molecule has 2 unspecified atom stereocenters. The Kier molecular flexibility index (Phi) is 3.15. The van der Waals surface area contributed by atoms with Gasteiger partial charge in [0.25, 0.3) is 0 Å². The molecule has 0 aromatic carbocycles. The van der Waals surface area contributed by atoms with Crippen LogP contribution < -0.4 is 0 Å². The van der Waals surface area contributed by atoms with Crippen molar-refractivity contribution in [1.82, 2.24) is 0 Å². The maximum atomic E-state index is 8.82. The first kappa shape index (κ1) is 9.11. The number of allylic oxidation sites excluding steroid dienone is 1. The van der Waals surface area contributed by atoms with Crippen molar-refractivity contribution in [2.75, 3.05) is 6.79 Å². The third kappa shape index (κ3) is 2.57. The van der Waals surface area contributed by atoms with Crippen molar-refractivity contribution in [2.24, 2.45) is 0 Å². The Balaban J connectivity index is 2.53. The quantitative estimate of drug-likeness (QED) is 0.540. The van der Waals surface area contributed by atoms with Gasteiger partial charge in [0.1, 0.15) is 18.0 Å². The van der Waals surface area contributed by atoms with E-state index in [0.717, 1.165) is 5.76 Å². The Bertz CT molecular complexity index is 232. The van der Waals surface area contributed by atoms with Gasteiger partial charge in [-0.2, -0.15) is 0 Å². The summed E-state index contributed by atoms with van der Waals surface area (Å²) < 4.78 is 10.2.